The molecule has 2 heterocycles. The van der Waals surface area contributed by atoms with E-state index in [0.29, 0.717) is 29.1 Å². The van der Waals surface area contributed by atoms with Gasteiger partial charge in [0.1, 0.15) is 11.5 Å². The fraction of sp³-hybridized carbons (Fsp3) is 0.227. The van der Waals surface area contributed by atoms with Crippen molar-refractivity contribution in [1.29, 1.82) is 0 Å². The molecule has 0 radical (unpaired) electrons. The second-order valence-electron chi connectivity index (χ2n) is 6.95. The van der Waals surface area contributed by atoms with Crippen LogP contribution in [0.5, 0.6) is 11.5 Å². The quantitative estimate of drug-likeness (QED) is 0.426. The number of benzene rings is 2. The number of aromatic nitrogens is 3. The number of rotatable bonds is 6. The van der Waals surface area contributed by atoms with Crippen molar-refractivity contribution in [3.63, 3.8) is 0 Å². The normalized spacial score (nSPS) is 13.4. The minimum absolute atomic E-state index is 0.412. The van der Waals surface area contributed by atoms with E-state index in [2.05, 4.69) is 15.5 Å². The molecule has 0 unspecified atom stereocenters. The summed E-state index contributed by atoms with van der Waals surface area (Å²) < 4.78 is 16.1. The highest BCUT2D eigenvalue weighted by Crippen LogP contribution is 2.42. The van der Waals surface area contributed by atoms with Crippen LogP contribution >= 0.6 is 11.3 Å². The minimum atomic E-state index is 0.412. The minimum Gasteiger partial charge on any atom is -0.497 e. The van der Waals surface area contributed by atoms with Crippen molar-refractivity contribution in [2.75, 3.05) is 14.2 Å². The molecule has 7 heteroatoms. The fourth-order valence-corrected chi connectivity index (χ4v) is 4.12. The van der Waals surface area contributed by atoms with Crippen LogP contribution in [0.3, 0.4) is 0 Å². The average molecular weight is 405 g/mol. The second-order valence-corrected chi connectivity index (χ2v) is 7.84. The van der Waals surface area contributed by atoms with Gasteiger partial charge in [-0.1, -0.05) is 29.4 Å². The van der Waals surface area contributed by atoms with Gasteiger partial charge >= 0.3 is 0 Å². The van der Waals surface area contributed by atoms with Crippen molar-refractivity contribution < 1.29 is 14.0 Å². The maximum absolute atomic E-state index is 5.47. The Morgan fingerprint density at radius 2 is 1.59 bits per heavy atom. The Morgan fingerprint density at radius 3 is 2.24 bits per heavy atom. The van der Waals surface area contributed by atoms with Gasteiger partial charge in [-0.3, -0.25) is 0 Å². The lowest BCUT2D eigenvalue weighted by atomic mass is 10.1. The third kappa shape index (κ3) is 3.61. The van der Waals surface area contributed by atoms with E-state index >= 15 is 0 Å². The molecule has 6 nitrogen and oxygen atoms in total. The van der Waals surface area contributed by atoms with Gasteiger partial charge in [0, 0.05) is 34.1 Å². The van der Waals surface area contributed by atoms with Crippen LogP contribution in [-0.2, 0) is 0 Å². The lowest BCUT2D eigenvalue weighted by Crippen LogP contribution is -1.89. The van der Waals surface area contributed by atoms with Crippen molar-refractivity contribution in [3.05, 3.63) is 52.9 Å². The van der Waals surface area contributed by atoms with E-state index in [1.165, 1.54) is 17.8 Å². The van der Waals surface area contributed by atoms with Crippen LogP contribution in [0.1, 0.15) is 23.8 Å². The van der Waals surface area contributed by atoms with Gasteiger partial charge < -0.3 is 14.0 Å². The standard InChI is InChI=1S/C22H19N3O3S/c1-26-17-9-16(10-18(11-17)27-2)21-24-20(25-28-21)14-5-3-13(4-6-14)19-12-29-22(23-19)15-7-8-15/h3-6,9-12,15H,7-8H2,1-2H3. The molecule has 0 saturated heterocycles. The van der Waals surface area contributed by atoms with E-state index in [-0.39, 0.29) is 0 Å². The molecular formula is C22H19N3O3S. The van der Waals surface area contributed by atoms with Gasteiger partial charge in [0.05, 0.1) is 24.9 Å². The topological polar surface area (TPSA) is 70.3 Å². The largest absolute Gasteiger partial charge is 0.497 e. The highest BCUT2D eigenvalue weighted by molar-refractivity contribution is 7.10. The Hall–Kier alpha value is -3.19. The Kier molecular flexibility index (Phi) is 4.52. The van der Waals surface area contributed by atoms with Crippen molar-refractivity contribution in [3.8, 4) is 45.6 Å². The number of methoxy groups -OCH3 is 2. The molecule has 0 amide bonds. The first-order chi connectivity index (χ1) is 14.2. The molecule has 0 bridgehead atoms. The predicted octanol–water partition coefficient (Wildman–Crippen LogP) is 5.42. The molecule has 29 heavy (non-hydrogen) atoms. The zero-order valence-electron chi connectivity index (χ0n) is 16.1. The van der Waals surface area contributed by atoms with Gasteiger partial charge in [-0.25, -0.2) is 4.98 Å². The van der Waals surface area contributed by atoms with Gasteiger partial charge in [-0.15, -0.1) is 11.3 Å². The van der Waals surface area contributed by atoms with Crippen molar-refractivity contribution >= 4 is 11.3 Å². The smallest absolute Gasteiger partial charge is 0.258 e. The molecule has 2 aromatic heterocycles. The summed E-state index contributed by atoms with van der Waals surface area (Å²) in [5.41, 5.74) is 3.75. The van der Waals surface area contributed by atoms with Crippen molar-refractivity contribution in [2.45, 2.75) is 18.8 Å². The van der Waals surface area contributed by atoms with Crippen LogP contribution in [0.4, 0.5) is 0 Å². The monoisotopic (exact) mass is 405 g/mol. The van der Waals surface area contributed by atoms with Crippen LogP contribution in [0.15, 0.2) is 52.4 Å². The van der Waals surface area contributed by atoms with Gasteiger partial charge in [-0.05, 0) is 25.0 Å². The molecule has 4 aromatic rings. The zero-order chi connectivity index (χ0) is 19.8. The van der Waals surface area contributed by atoms with E-state index in [4.69, 9.17) is 19.0 Å². The summed E-state index contributed by atoms with van der Waals surface area (Å²) in [4.78, 5) is 9.30. The number of hydrogen-bond acceptors (Lipinski definition) is 7. The SMILES string of the molecule is COc1cc(OC)cc(-c2nc(-c3ccc(-c4csc(C5CC5)n4)cc3)no2)c1. The second kappa shape index (κ2) is 7.33. The molecule has 0 aliphatic heterocycles. The lowest BCUT2D eigenvalue weighted by molar-refractivity contribution is 0.393. The van der Waals surface area contributed by atoms with Gasteiger partial charge in [-0.2, -0.15) is 4.98 Å². The van der Waals surface area contributed by atoms with E-state index in [1.807, 2.05) is 36.4 Å². The van der Waals surface area contributed by atoms with Gasteiger partial charge in [0.15, 0.2) is 0 Å². The highest BCUT2D eigenvalue weighted by Gasteiger charge is 2.26. The number of hydrogen-bond donors (Lipinski definition) is 0. The first-order valence-electron chi connectivity index (χ1n) is 9.37. The highest BCUT2D eigenvalue weighted by atomic mass is 32.1. The summed E-state index contributed by atoms with van der Waals surface area (Å²) in [6.45, 7) is 0. The molecule has 1 aliphatic carbocycles. The maximum Gasteiger partial charge on any atom is 0.258 e. The summed E-state index contributed by atoms with van der Waals surface area (Å²) in [7, 11) is 3.21. The van der Waals surface area contributed by atoms with Gasteiger partial charge in [0.25, 0.3) is 5.89 Å². The third-order valence-corrected chi connectivity index (χ3v) is 5.92. The number of ether oxygens (including phenoxy) is 2. The number of thiazole rings is 1. The molecule has 1 aliphatic rings. The van der Waals surface area contributed by atoms with Crippen molar-refractivity contribution in [2.24, 2.45) is 0 Å². The molecular weight excluding hydrogens is 386 g/mol. The molecule has 146 valence electrons. The molecule has 1 fully saturated rings. The van der Waals surface area contributed by atoms with E-state index in [0.717, 1.165) is 22.4 Å². The molecule has 1 saturated carbocycles. The first-order valence-corrected chi connectivity index (χ1v) is 10.2. The van der Waals surface area contributed by atoms with Crippen LogP contribution < -0.4 is 9.47 Å². The van der Waals surface area contributed by atoms with E-state index in [1.54, 1.807) is 31.6 Å². The number of nitrogens with zero attached hydrogens (tertiary/aromatic N) is 3. The Morgan fingerprint density at radius 1 is 0.897 bits per heavy atom. The Bertz CT molecular complexity index is 1120. The lowest BCUT2D eigenvalue weighted by Gasteiger charge is -2.05. The average Bonchev–Trinajstić information content (AvgIpc) is 3.29. The summed E-state index contributed by atoms with van der Waals surface area (Å²) in [5, 5.41) is 7.51. The summed E-state index contributed by atoms with van der Waals surface area (Å²) in [6, 6.07) is 13.5. The molecule has 2 aromatic carbocycles. The zero-order valence-corrected chi connectivity index (χ0v) is 16.9. The van der Waals surface area contributed by atoms with Crippen LogP contribution in [-0.4, -0.2) is 29.3 Å². The molecule has 5 rings (SSSR count). The predicted molar refractivity (Wildman–Crippen MR) is 111 cm³/mol. The van der Waals surface area contributed by atoms with Crippen molar-refractivity contribution in [1.82, 2.24) is 15.1 Å². The molecule has 0 N–H and O–H groups in total. The summed E-state index contributed by atoms with van der Waals surface area (Å²) in [5.74, 6) is 2.95. The summed E-state index contributed by atoms with van der Waals surface area (Å²) >= 11 is 1.75. The first kappa shape index (κ1) is 17.9. The van der Waals surface area contributed by atoms with Gasteiger partial charge in [0.2, 0.25) is 5.82 Å². The van der Waals surface area contributed by atoms with E-state index < -0.39 is 0 Å². The third-order valence-electron chi connectivity index (χ3n) is 4.91. The fourth-order valence-electron chi connectivity index (χ4n) is 3.12. The Balaban J connectivity index is 1.40. The van der Waals surface area contributed by atoms with Crippen LogP contribution in [0.25, 0.3) is 34.1 Å². The molecule has 0 spiro atoms. The Labute approximate surface area is 172 Å². The summed E-state index contributed by atoms with van der Waals surface area (Å²) in [6.07, 6.45) is 2.54. The van der Waals surface area contributed by atoms with E-state index in [9.17, 15) is 0 Å². The van der Waals surface area contributed by atoms with Crippen LogP contribution in [0, 0.1) is 0 Å². The maximum atomic E-state index is 5.47. The van der Waals surface area contributed by atoms with Crippen LogP contribution in [0.2, 0.25) is 0 Å². The molecule has 0 atom stereocenters.